The number of hydrogen-bond donors (Lipinski definition) is 0. The quantitative estimate of drug-likeness (QED) is 0.733. The van der Waals surface area contributed by atoms with Gasteiger partial charge in [-0.15, -0.1) is 0 Å². The topological polar surface area (TPSA) is 17.1 Å². The van der Waals surface area contributed by atoms with Gasteiger partial charge in [-0.25, -0.2) is 0 Å². The second kappa shape index (κ2) is 4.61. The second-order valence-electron chi connectivity index (χ2n) is 4.81. The summed E-state index contributed by atoms with van der Waals surface area (Å²) < 4.78 is 0. The van der Waals surface area contributed by atoms with Gasteiger partial charge in [-0.05, 0) is 29.9 Å². The van der Waals surface area contributed by atoms with E-state index in [9.17, 15) is 4.79 Å². The van der Waals surface area contributed by atoms with E-state index in [1.165, 1.54) is 11.1 Å². The standard InChI is InChI=1S/C14H20O/c1-5-12-6-8-13(9-7-12)14(3,4)10-11(2)15/h6-9H,5,10H2,1-4H3. The van der Waals surface area contributed by atoms with Crippen LogP contribution in [0.2, 0.25) is 0 Å². The smallest absolute Gasteiger partial charge is 0.130 e. The molecular formula is C14H20O. The number of Topliss-reactive ketones (excluding diaryl/α,β-unsaturated/α-hetero) is 1. The molecule has 0 radical (unpaired) electrons. The van der Waals surface area contributed by atoms with Gasteiger partial charge in [0.1, 0.15) is 5.78 Å². The molecule has 0 heterocycles. The molecule has 0 aliphatic carbocycles. The Morgan fingerprint density at radius 2 is 1.73 bits per heavy atom. The Bertz CT molecular complexity index is 333. The molecule has 1 aromatic rings. The summed E-state index contributed by atoms with van der Waals surface area (Å²) in [6, 6.07) is 8.58. The van der Waals surface area contributed by atoms with Crippen molar-refractivity contribution in [3.05, 3.63) is 35.4 Å². The maximum absolute atomic E-state index is 11.2. The van der Waals surface area contributed by atoms with Crippen molar-refractivity contribution in [1.82, 2.24) is 0 Å². The zero-order valence-electron chi connectivity index (χ0n) is 10.1. The van der Waals surface area contributed by atoms with Crippen LogP contribution in [0, 0.1) is 0 Å². The zero-order chi connectivity index (χ0) is 11.5. The monoisotopic (exact) mass is 204 g/mol. The maximum Gasteiger partial charge on any atom is 0.130 e. The zero-order valence-corrected chi connectivity index (χ0v) is 10.1. The summed E-state index contributed by atoms with van der Waals surface area (Å²) in [5.41, 5.74) is 2.55. The average Bonchev–Trinajstić information content (AvgIpc) is 2.16. The lowest BCUT2D eigenvalue weighted by atomic mass is 9.80. The van der Waals surface area contributed by atoms with Crippen LogP contribution >= 0.6 is 0 Å². The van der Waals surface area contributed by atoms with Crippen LogP contribution in [-0.4, -0.2) is 5.78 Å². The largest absolute Gasteiger partial charge is 0.300 e. The number of ketones is 1. The van der Waals surface area contributed by atoms with Crippen LogP contribution in [0.5, 0.6) is 0 Å². The molecule has 1 aromatic carbocycles. The number of carbonyl (C=O) groups excluding carboxylic acids is 1. The number of aryl methyl sites for hydroxylation is 1. The molecule has 0 saturated carbocycles. The molecule has 0 atom stereocenters. The minimum atomic E-state index is -0.0435. The summed E-state index contributed by atoms with van der Waals surface area (Å²) in [7, 11) is 0. The van der Waals surface area contributed by atoms with Crippen LogP contribution in [0.3, 0.4) is 0 Å². The Hall–Kier alpha value is -1.11. The van der Waals surface area contributed by atoms with Crippen molar-refractivity contribution in [3.63, 3.8) is 0 Å². The van der Waals surface area contributed by atoms with Gasteiger partial charge in [0, 0.05) is 6.42 Å². The van der Waals surface area contributed by atoms with E-state index in [2.05, 4.69) is 45.0 Å². The normalized spacial score (nSPS) is 11.5. The molecule has 0 unspecified atom stereocenters. The minimum Gasteiger partial charge on any atom is -0.300 e. The fraction of sp³-hybridized carbons (Fsp3) is 0.500. The number of benzene rings is 1. The fourth-order valence-corrected chi connectivity index (χ4v) is 1.92. The van der Waals surface area contributed by atoms with Crippen LogP contribution in [-0.2, 0) is 16.6 Å². The number of hydrogen-bond acceptors (Lipinski definition) is 1. The van der Waals surface area contributed by atoms with E-state index in [1.807, 2.05) is 0 Å². The summed E-state index contributed by atoms with van der Waals surface area (Å²) in [6.45, 7) is 8.04. The van der Waals surface area contributed by atoms with Gasteiger partial charge < -0.3 is 0 Å². The lowest BCUT2D eigenvalue weighted by Gasteiger charge is -2.24. The van der Waals surface area contributed by atoms with Crippen molar-refractivity contribution in [2.45, 2.75) is 46.0 Å². The summed E-state index contributed by atoms with van der Waals surface area (Å²) in [4.78, 5) is 11.2. The summed E-state index contributed by atoms with van der Waals surface area (Å²) in [6.07, 6.45) is 1.67. The van der Waals surface area contributed by atoms with E-state index in [0.717, 1.165) is 6.42 Å². The Labute approximate surface area is 92.5 Å². The van der Waals surface area contributed by atoms with E-state index >= 15 is 0 Å². The van der Waals surface area contributed by atoms with Crippen molar-refractivity contribution < 1.29 is 4.79 Å². The molecule has 0 amide bonds. The Morgan fingerprint density at radius 3 is 2.13 bits per heavy atom. The lowest BCUT2D eigenvalue weighted by Crippen LogP contribution is -2.20. The van der Waals surface area contributed by atoms with Gasteiger partial charge in [0.25, 0.3) is 0 Å². The van der Waals surface area contributed by atoms with Gasteiger partial charge in [0.15, 0.2) is 0 Å². The van der Waals surface area contributed by atoms with E-state index in [4.69, 9.17) is 0 Å². The third-order valence-electron chi connectivity index (χ3n) is 2.83. The molecular weight excluding hydrogens is 184 g/mol. The molecule has 1 rings (SSSR count). The van der Waals surface area contributed by atoms with Crippen molar-refractivity contribution in [1.29, 1.82) is 0 Å². The van der Waals surface area contributed by atoms with Crippen molar-refractivity contribution in [2.75, 3.05) is 0 Å². The molecule has 82 valence electrons. The molecule has 0 N–H and O–H groups in total. The lowest BCUT2D eigenvalue weighted by molar-refractivity contribution is -0.118. The first kappa shape index (κ1) is 12.0. The highest BCUT2D eigenvalue weighted by molar-refractivity contribution is 5.77. The van der Waals surface area contributed by atoms with Crippen LogP contribution in [0.25, 0.3) is 0 Å². The summed E-state index contributed by atoms with van der Waals surface area (Å²) in [5.74, 6) is 0.250. The van der Waals surface area contributed by atoms with Gasteiger partial charge in [0.05, 0.1) is 0 Å². The second-order valence-corrected chi connectivity index (χ2v) is 4.81. The molecule has 15 heavy (non-hydrogen) atoms. The number of rotatable bonds is 4. The van der Waals surface area contributed by atoms with Crippen LogP contribution in [0.1, 0.15) is 45.2 Å². The van der Waals surface area contributed by atoms with E-state index in [-0.39, 0.29) is 11.2 Å². The summed E-state index contributed by atoms with van der Waals surface area (Å²) in [5, 5.41) is 0. The molecule has 0 spiro atoms. The summed E-state index contributed by atoms with van der Waals surface area (Å²) >= 11 is 0. The van der Waals surface area contributed by atoms with E-state index in [1.54, 1.807) is 6.92 Å². The van der Waals surface area contributed by atoms with Crippen molar-refractivity contribution >= 4 is 5.78 Å². The van der Waals surface area contributed by atoms with Gasteiger partial charge in [-0.3, -0.25) is 4.79 Å². The first-order chi connectivity index (χ1) is 6.95. The first-order valence-corrected chi connectivity index (χ1v) is 5.54. The first-order valence-electron chi connectivity index (χ1n) is 5.54. The third-order valence-corrected chi connectivity index (χ3v) is 2.83. The average molecular weight is 204 g/mol. The predicted molar refractivity (Wildman–Crippen MR) is 64.1 cm³/mol. The third kappa shape index (κ3) is 3.19. The Morgan fingerprint density at radius 1 is 1.20 bits per heavy atom. The highest BCUT2D eigenvalue weighted by atomic mass is 16.1. The molecule has 0 aromatic heterocycles. The molecule has 0 aliphatic heterocycles. The van der Waals surface area contributed by atoms with Gasteiger partial charge in [0.2, 0.25) is 0 Å². The van der Waals surface area contributed by atoms with Crippen LogP contribution in [0.15, 0.2) is 24.3 Å². The predicted octanol–water partition coefficient (Wildman–Crippen LogP) is 3.51. The molecule has 0 saturated heterocycles. The molecule has 0 fully saturated rings. The van der Waals surface area contributed by atoms with E-state index in [0.29, 0.717) is 6.42 Å². The van der Waals surface area contributed by atoms with Crippen molar-refractivity contribution in [2.24, 2.45) is 0 Å². The molecule has 0 aliphatic rings. The Kier molecular flexibility index (Phi) is 3.67. The minimum absolute atomic E-state index is 0.0435. The van der Waals surface area contributed by atoms with Gasteiger partial charge in [-0.1, -0.05) is 45.0 Å². The highest BCUT2D eigenvalue weighted by Crippen LogP contribution is 2.27. The van der Waals surface area contributed by atoms with Crippen LogP contribution < -0.4 is 0 Å². The SMILES string of the molecule is CCc1ccc(C(C)(C)CC(C)=O)cc1. The molecule has 1 nitrogen and oxygen atoms in total. The number of carbonyl (C=O) groups is 1. The van der Waals surface area contributed by atoms with Crippen molar-refractivity contribution in [3.8, 4) is 0 Å². The van der Waals surface area contributed by atoms with Gasteiger partial charge >= 0.3 is 0 Å². The Balaban J connectivity index is 2.89. The maximum atomic E-state index is 11.2. The van der Waals surface area contributed by atoms with Crippen LogP contribution in [0.4, 0.5) is 0 Å². The van der Waals surface area contributed by atoms with Gasteiger partial charge in [-0.2, -0.15) is 0 Å². The highest BCUT2D eigenvalue weighted by Gasteiger charge is 2.22. The molecule has 0 bridgehead atoms. The fourth-order valence-electron chi connectivity index (χ4n) is 1.92. The van der Waals surface area contributed by atoms with E-state index < -0.39 is 0 Å². The molecule has 1 heteroatoms.